The molecular weight excluding hydrogens is 516 g/mol. The van der Waals surface area contributed by atoms with Crippen molar-refractivity contribution in [3.05, 3.63) is 83.4 Å². The molecule has 0 aliphatic carbocycles. The molecule has 3 aromatic rings. The van der Waals surface area contributed by atoms with Gasteiger partial charge in [-0.2, -0.15) is 0 Å². The lowest BCUT2D eigenvalue weighted by atomic mass is 9.76. The maximum atomic E-state index is 12.9. The average Bonchev–Trinajstić information content (AvgIpc) is 2.96. The quantitative estimate of drug-likeness (QED) is 0.170. The van der Waals surface area contributed by atoms with Gasteiger partial charge in [-0.15, -0.1) is 0 Å². The van der Waals surface area contributed by atoms with Gasteiger partial charge in [-0.25, -0.2) is 0 Å². The van der Waals surface area contributed by atoms with Crippen LogP contribution in [0.4, 0.5) is 11.4 Å². The first-order chi connectivity index (χ1) is 19.4. The molecule has 0 saturated heterocycles. The van der Waals surface area contributed by atoms with Gasteiger partial charge in [-0.1, -0.05) is 84.0 Å². The third-order valence-electron chi connectivity index (χ3n) is 7.79. The fourth-order valence-corrected chi connectivity index (χ4v) is 4.29. The van der Waals surface area contributed by atoms with Crippen LogP contribution in [-0.4, -0.2) is 31.3 Å². The highest BCUT2D eigenvalue weighted by atomic mass is 16.5. The molecule has 2 amide bonds. The SMILES string of the molecule is CCC(C)(C)c1ccc(OCC(=O)Nc2ccc(OC)c(NC(=O)CC(=O)c3ccccc3)c2)c(C(C)(C)CC)c1. The Hall–Kier alpha value is -4.13. The van der Waals surface area contributed by atoms with Crippen LogP contribution in [-0.2, 0) is 20.4 Å². The van der Waals surface area contributed by atoms with E-state index in [0.29, 0.717) is 28.4 Å². The van der Waals surface area contributed by atoms with Gasteiger partial charge in [-0.05, 0) is 53.5 Å². The van der Waals surface area contributed by atoms with Gasteiger partial charge in [0.2, 0.25) is 5.91 Å². The second-order valence-corrected chi connectivity index (χ2v) is 11.5. The first-order valence-corrected chi connectivity index (χ1v) is 14.0. The van der Waals surface area contributed by atoms with Crippen molar-refractivity contribution in [2.24, 2.45) is 0 Å². The largest absolute Gasteiger partial charge is 0.495 e. The molecule has 0 bridgehead atoms. The molecule has 0 atom stereocenters. The Morgan fingerprint density at radius 2 is 1.41 bits per heavy atom. The molecule has 2 N–H and O–H groups in total. The number of ketones is 1. The number of anilines is 2. The van der Waals surface area contributed by atoms with Crippen LogP contribution in [0.15, 0.2) is 66.7 Å². The highest BCUT2D eigenvalue weighted by Crippen LogP contribution is 2.38. The zero-order valence-corrected chi connectivity index (χ0v) is 25.2. The second-order valence-electron chi connectivity index (χ2n) is 11.5. The molecule has 3 aromatic carbocycles. The van der Waals surface area contributed by atoms with Crippen molar-refractivity contribution in [1.82, 2.24) is 0 Å². The Morgan fingerprint density at radius 1 is 0.756 bits per heavy atom. The van der Waals surface area contributed by atoms with E-state index in [-0.39, 0.29) is 35.5 Å². The highest BCUT2D eigenvalue weighted by Gasteiger charge is 2.27. The Balaban J connectivity index is 1.70. The maximum Gasteiger partial charge on any atom is 0.262 e. The summed E-state index contributed by atoms with van der Waals surface area (Å²) in [4.78, 5) is 37.9. The fraction of sp³-hybridized carbons (Fsp3) is 0.382. The van der Waals surface area contributed by atoms with Crippen LogP contribution in [0.1, 0.15) is 82.3 Å². The van der Waals surface area contributed by atoms with E-state index >= 15 is 0 Å². The van der Waals surface area contributed by atoms with Gasteiger partial charge >= 0.3 is 0 Å². The van der Waals surface area contributed by atoms with E-state index in [9.17, 15) is 14.4 Å². The Labute approximate surface area is 243 Å². The van der Waals surface area contributed by atoms with E-state index in [1.807, 2.05) is 6.07 Å². The van der Waals surface area contributed by atoms with Crippen molar-refractivity contribution in [3.8, 4) is 11.5 Å². The van der Waals surface area contributed by atoms with E-state index in [4.69, 9.17) is 9.47 Å². The number of nitrogens with one attached hydrogen (secondary N) is 2. The Kier molecular flexibility index (Phi) is 10.3. The van der Waals surface area contributed by atoms with Gasteiger partial charge in [-0.3, -0.25) is 14.4 Å². The molecule has 3 rings (SSSR count). The molecular formula is C34H42N2O5. The number of ether oxygens (including phenoxy) is 2. The number of hydrogen-bond donors (Lipinski definition) is 2. The molecule has 218 valence electrons. The third-order valence-corrected chi connectivity index (χ3v) is 7.79. The fourth-order valence-electron chi connectivity index (χ4n) is 4.29. The molecule has 0 aliphatic rings. The molecule has 0 saturated carbocycles. The van der Waals surface area contributed by atoms with Crippen LogP contribution in [0, 0.1) is 0 Å². The lowest BCUT2D eigenvalue weighted by Crippen LogP contribution is -2.24. The summed E-state index contributed by atoms with van der Waals surface area (Å²) in [6, 6.07) is 19.8. The van der Waals surface area contributed by atoms with Crippen molar-refractivity contribution < 1.29 is 23.9 Å². The van der Waals surface area contributed by atoms with Crippen LogP contribution < -0.4 is 20.1 Å². The lowest BCUT2D eigenvalue weighted by molar-refractivity contribution is -0.118. The zero-order chi connectivity index (χ0) is 30.2. The van der Waals surface area contributed by atoms with Crippen molar-refractivity contribution in [2.75, 3.05) is 24.4 Å². The van der Waals surface area contributed by atoms with Crippen LogP contribution in [0.3, 0.4) is 0 Å². The first-order valence-electron chi connectivity index (χ1n) is 14.0. The van der Waals surface area contributed by atoms with E-state index < -0.39 is 5.91 Å². The monoisotopic (exact) mass is 558 g/mol. The zero-order valence-electron chi connectivity index (χ0n) is 25.2. The normalized spacial score (nSPS) is 11.5. The molecule has 0 aromatic heterocycles. The van der Waals surface area contributed by atoms with Crippen molar-refractivity contribution in [2.45, 2.75) is 71.6 Å². The predicted molar refractivity (Wildman–Crippen MR) is 164 cm³/mol. The lowest BCUT2D eigenvalue weighted by Gasteiger charge is -2.30. The minimum Gasteiger partial charge on any atom is -0.495 e. The highest BCUT2D eigenvalue weighted by molar-refractivity contribution is 6.11. The number of carbonyl (C=O) groups excluding carboxylic acids is 3. The second kappa shape index (κ2) is 13.5. The molecule has 0 unspecified atom stereocenters. The summed E-state index contributed by atoms with van der Waals surface area (Å²) in [5.41, 5.74) is 3.49. The average molecular weight is 559 g/mol. The predicted octanol–water partition coefficient (Wildman–Crippen LogP) is 7.30. The molecule has 7 heteroatoms. The molecule has 0 fully saturated rings. The van der Waals surface area contributed by atoms with E-state index in [1.54, 1.807) is 48.5 Å². The van der Waals surface area contributed by atoms with Crippen LogP contribution in [0.25, 0.3) is 0 Å². The number of hydrogen-bond acceptors (Lipinski definition) is 5. The Bertz CT molecular complexity index is 1380. The number of Topliss-reactive ketones (excluding diaryl/α,β-unsaturated/α-hetero) is 1. The molecule has 7 nitrogen and oxygen atoms in total. The van der Waals surface area contributed by atoms with Crippen molar-refractivity contribution in [1.29, 1.82) is 0 Å². The number of methoxy groups -OCH3 is 1. The summed E-state index contributed by atoms with van der Waals surface area (Å²) in [7, 11) is 1.48. The van der Waals surface area contributed by atoms with Crippen LogP contribution in [0.2, 0.25) is 0 Å². The van der Waals surface area contributed by atoms with Crippen LogP contribution in [0.5, 0.6) is 11.5 Å². The summed E-state index contributed by atoms with van der Waals surface area (Å²) in [6.07, 6.45) is 1.61. The minimum atomic E-state index is -0.482. The molecule has 0 heterocycles. The molecule has 0 spiro atoms. The maximum absolute atomic E-state index is 12.9. The van der Waals surface area contributed by atoms with Crippen molar-refractivity contribution in [3.63, 3.8) is 0 Å². The minimum absolute atomic E-state index is 0.0325. The van der Waals surface area contributed by atoms with Crippen molar-refractivity contribution >= 4 is 29.0 Å². The van der Waals surface area contributed by atoms with E-state index in [0.717, 1.165) is 18.4 Å². The summed E-state index contributed by atoms with van der Waals surface area (Å²) in [5, 5.41) is 5.54. The summed E-state index contributed by atoms with van der Waals surface area (Å²) >= 11 is 0. The van der Waals surface area contributed by atoms with Gasteiger partial charge in [0.25, 0.3) is 5.91 Å². The van der Waals surface area contributed by atoms with E-state index in [2.05, 4.69) is 64.3 Å². The summed E-state index contributed by atoms with van der Waals surface area (Å²) < 4.78 is 11.4. The Morgan fingerprint density at radius 3 is 2.05 bits per heavy atom. The summed E-state index contributed by atoms with van der Waals surface area (Å²) in [6.45, 7) is 13.0. The summed E-state index contributed by atoms with van der Waals surface area (Å²) in [5.74, 6) is -0.0232. The topological polar surface area (TPSA) is 93.7 Å². The smallest absolute Gasteiger partial charge is 0.262 e. The first kappa shape index (κ1) is 31.4. The number of amides is 2. The van der Waals surface area contributed by atoms with Crippen LogP contribution >= 0.6 is 0 Å². The van der Waals surface area contributed by atoms with E-state index in [1.165, 1.54) is 12.7 Å². The van der Waals surface area contributed by atoms with Gasteiger partial charge in [0.15, 0.2) is 12.4 Å². The molecule has 0 aliphatic heterocycles. The van der Waals surface area contributed by atoms with Gasteiger partial charge < -0.3 is 20.1 Å². The molecule has 0 radical (unpaired) electrons. The number of carbonyl (C=O) groups is 3. The van der Waals surface area contributed by atoms with Gasteiger partial charge in [0.1, 0.15) is 11.5 Å². The van der Waals surface area contributed by atoms with Gasteiger partial charge in [0.05, 0.1) is 19.2 Å². The molecule has 41 heavy (non-hydrogen) atoms. The standard InChI is InChI=1S/C34H42N2O5/c1-8-33(3,4)24-15-17-29(26(19-24)34(5,6)9-2)41-22-32(39)35-25-16-18-30(40-7)27(20-25)36-31(38)21-28(37)23-13-11-10-12-14-23/h10-20H,8-9,21-22H2,1-7H3,(H,35,39)(H,36,38). The van der Waals surface area contributed by atoms with Gasteiger partial charge in [0, 0.05) is 16.8 Å². The number of benzene rings is 3. The third kappa shape index (κ3) is 8.19. The number of rotatable bonds is 13.